The van der Waals surface area contributed by atoms with Gasteiger partial charge < -0.3 is 14.8 Å². The van der Waals surface area contributed by atoms with E-state index in [0.717, 1.165) is 5.56 Å². The van der Waals surface area contributed by atoms with Gasteiger partial charge in [-0.2, -0.15) is 5.10 Å². The van der Waals surface area contributed by atoms with Crippen molar-refractivity contribution < 1.29 is 19.1 Å². The molecule has 10 heteroatoms. The molecule has 1 aromatic carbocycles. The van der Waals surface area contributed by atoms with Crippen molar-refractivity contribution in [3.8, 4) is 0 Å². The Morgan fingerprint density at radius 3 is 2.86 bits per heavy atom. The largest absolute Gasteiger partial charge is 0.462 e. The number of methoxy groups -OCH3 is 1. The molecule has 2 N–H and O–H groups in total. The zero-order chi connectivity index (χ0) is 20.8. The van der Waals surface area contributed by atoms with E-state index in [1.165, 1.54) is 29.8 Å². The first kappa shape index (κ1) is 20.6. The lowest BCUT2D eigenvalue weighted by molar-refractivity contribution is -0.147. The summed E-state index contributed by atoms with van der Waals surface area (Å²) in [5.74, 6) is -1.13. The summed E-state index contributed by atoms with van der Waals surface area (Å²) in [6, 6.07) is 9.06. The van der Waals surface area contributed by atoms with Crippen LogP contribution in [0.1, 0.15) is 15.9 Å². The van der Waals surface area contributed by atoms with Crippen LogP contribution in [-0.2, 0) is 20.7 Å². The highest BCUT2D eigenvalue weighted by atomic mass is 35.5. The molecule has 0 fully saturated rings. The van der Waals surface area contributed by atoms with Crippen LogP contribution in [0.3, 0.4) is 0 Å². The number of aromatic nitrogens is 3. The first-order chi connectivity index (χ1) is 14.0. The molecule has 2 heterocycles. The molecular weight excluding hydrogens is 400 g/mol. The molecule has 0 saturated heterocycles. The zero-order valence-electron chi connectivity index (χ0n) is 15.6. The highest BCUT2D eigenvalue weighted by molar-refractivity contribution is 6.30. The van der Waals surface area contributed by atoms with Gasteiger partial charge in [0.2, 0.25) is 0 Å². The first-order valence-corrected chi connectivity index (χ1v) is 9.13. The molecule has 1 amide bonds. The molecule has 9 nitrogen and oxygen atoms in total. The number of benzene rings is 1. The zero-order valence-corrected chi connectivity index (χ0v) is 16.3. The quantitative estimate of drug-likeness (QED) is 0.419. The standard InChI is InChI=1S/C19H19ClN4O5/c1-28-7-8-29-18(26)15(10-12-3-2-4-14(20)9-12)21-17(25)13-5-6-16-22-23-19(27)24(16)11-13/h2-6,9,11,15H,7-8,10H2,1H3,(H,21,25)(H,23,27)/t15-/m1/s1. The van der Waals surface area contributed by atoms with E-state index in [2.05, 4.69) is 15.5 Å². The van der Waals surface area contributed by atoms with E-state index in [9.17, 15) is 14.4 Å². The number of aromatic amines is 1. The number of hydrogen-bond donors (Lipinski definition) is 2. The Hall–Kier alpha value is -3.17. The number of nitrogens with one attached hydrogen (secondary N) is 2. The highest BCUT2D eigenvalue weighted by Gasteiger charge is 2.24. The Morgan fingerprint density at radius 1 is 1.28 bits per heavy atom. The number of halogens is 1. The van der Waals surface area contributed by atoms with Gasteiger partial charge in [-0.1, -0.05) is 23.7 Å². The molecule has 3 aromatic rings. The van der Waals surface area contributed by atoms with Crippen LogP contribution in [0.4, 0.5) is 0 Å². The van der Waals surface area contributed by atoms with Crippen molar-refractivity contribution in [2.75, 3.05) is 20.3 Å². The fourth-order valence-electron chi connectivity index (χ4n) is 2.70. The summed E-state index contributed by atoms with van der Waals surface area (Å²) in [5, 5.41) is 9.28. The minimum absolute atomic E-state index is 0.0631. The number of carbonyl (C=O) groups is 2. The second-order valence-corrected chi connectivity index (χ2v) is 6.63. The van der Waals surface area contributed by atoms with Gasteiger partial charge in [-0.05, 0) is 29.8 Å². The third-order valence-corrected chi connectivity index (χ3v) is 4.36. The van der Waals surface area contributed by atoms with Gasteiger partial charge in [0.1, 0.15) is 12.6 Å². The highest BCUT2D eigenvalue weighted by Crippen LogP contribution is 2.13. The minimum Gasteiger partial charge on any atom is -0.462 e. The fourth-order valence-corrected chi connectivity index (χ4v) is 2.91. The Kier molecular flexibility index (Phi) is 6.63. The predicted molar refractivity (Wildman–Crippen MR) is 105 cm³/mol. The van der Waals surface area contributed by atoms with Gasteiger partial charge in [-0.25, -0.2) is 19.1 Å². The number of pyridine rings is 1. The molecule has 0 aliphatic carbocycles. The van der Waals surface area contributed by atoms with Crippen molar-refractivity contribution in [1.29, 1.82) is 0 Å². The van der Waals surface area contributed by atoms with Crippen LogP contribution in [0.2, 0.25) is 5.02 Å². The smallest absolute Gasteiger partial charge is 0.347 e. The maximum atomic E-state index is 12.7. The lowest BCUT2D eigenvalue weighted by Crippen LogP contribution is -2.43. The maximum Gasteiger partial charge on any atom is 0.347 e. The lowest BCUT2D eigenvalue weighted by atomic mass is 10.1. The number of fused-ring (bicyclic) bond motifs is 1. The Balaban J connectivity index is 1.79. The molecule has 0 saturated carbocycles. The van der Waals surface area contributed by atoms with Crippen molar-refractivity contribution in [3.63, 3.8) is 0 Å². The normalized spacial score (nSPS) is 11.9. The summed E-state index contributed by atoms with van der Waals surface area (Å²) in [7, 11) is 1.49. The van der Waals surface area contributed by atoms with Crippen LogP contribution in [0, 0.1) is 0 Å². The molecule has 0 aliphatic rings. The summed E-state index contributed by atoms with van der Waals surface area (Å²) >= 11 is 6.01. The molecule has 0 aliphatic heterocycles. The van der Waals surface area contributed by atoms with Crippen LogP contribution in [0.5, 0.6) is 0 Å². The monoisotopic (exact) mass is 418 g/mol. The van der Waals surface area contributed by atoms with Crippen molar-refractivity contribution in [1.82, 2.24) is 19.9 Å². The van der Waals surface area contributed by atoms with Gasteiger partial charge in [0, 0.05) is 24.8 Å². The third-order valence-electron chi connectivity index (χ3n) is 4.12. The third kappa shape index (κ3) is 5.21. The summed E-state index contributed by atoms with van der Waals surface area (Å²) in [6.45, 7) is 0.303. The van der Waals surface area contributed by atoms with Crippen molar-refractivity contribution in [2.24, 2.45) is 0 Å². The molecule has 152 valence electrons. The van der Waals surface area contributed by atoms with Gasteiger partial charge >= 0.3 is 11.7 Å². The van der Waals surface area contributed by atoms with Gasteiger partial charge in [0.05, 0.1) is 12.2 Å². The molecule has 1 atom stereocenters. The Bertz CT molecular complexity index is 1080. The number of nitrogens with zero attached hydrogens (tertiary/aromatic N) is 2. The molecule has 0 bridgehead atoms. The van der Waals surface area contributed by atoms with E-state index in [4.69, 9.17) is 21.1 Å². The van der Waals surface area contributed by atoms with Crippen molar-refractivity contribution >= 4 is 29.1 Å². The summed E-state index contributed by atoms with van der Waals surface area (Å²) in [5.41, 5.74) is 0.861. The van der Waals surface area contributed by atoms with Crippen molar-refractivity contribution in [2.45, 2.75) is 12.5 Å². The summed E-state index contributed by atoms with van der Waals surface area (Å²) in [4.78, 5) is 36.9. The van der Waals surface area contributed by atoms with E-state index in [1.54, 1.807) is 24.3 Å². The van der Waals surface area contributed by atoms with Crippen LogP contribution in [0.25, 0.3) is 5.65 Å². The molecular formula is C19H19ClN4O5. The van der Waals surface area contributed by atoms with E-state index in [0.29, 0.717) is 10.7 Å². The van der Waals surface area contributed by atoms with Gasteiger partial charge in [-0.3, -0.25) is 4.79 Å². The van der Waals surface area contributed by atoms with E-state index in [-0.39, 0.29) is 25.2 Å². The predicted octanol–water partition coefficient (Wildman–Crippen LogP) is 1.21. The van der Waals surface area contributed by atoms with Crippen LogP contribution in [0.15, 0.2) is 47.4 Å². The average molecular weight is 419 g/mol. The van der Waals surface area contributed by atoms with Crippen LogP contribution >= 0.6 is 11.6 Å². The van der Waals surface area contributed by atoms with Gasteiger partial charge in [0.25, 0.3) is 5.91 Å². The lowest BCUT2D eigenvalue weighted by Gasteiger charge is -2.18. The molecule has 29 heavy (non-hydrogen) atoms. The van der Waals surface area contributed by atoms with Crippen molar-refractivity contribution in [3.05, 3.63) is 69.2 Å². The Labute approximate surface area is 170 Å². The number of amides is 1. The van der Waals surface area contributed by atoms with Gasteiger partial charge in [0.15, 0.2) is 5.65 Å². The molecule has 3 rings (SSSR count). The van der Waals surface area contributed by atoms with Crippen LogP contribution in [-0.4, -0.2) is 52.8 Å². The fraction of sp³-hybridized carbons (Fsp3) is 0.263. The molecule has 0 unspecified atom stereocenters. The Morgan fingerprint density at radius 2 is 2.10 bits per heavy atom. The SMILES string of the molecule is COCCOC(=O)[C@@H](Cc1cccc(Cl)c1)NC(=O)c1ccc2n[nH]c(=O)n2c1. The number of rotatable bonds is 8. The average Bonchev–Trinajstić information content (AvgIpc) is 3.08. The van der Waals surface area contributed by atoms with Crippen LogP contribution < -0.4 is 11.0 Å². The number of esters is 1. The number of carbonyl (C=O) groups excluding carboxylic acids is 2. The number of H-pyrrole nitrogens is 1. The second kappa shape index (κ2) is 9.35. The topological polar surface area (TPSA) is 115 Å². The van der Waals surface area contributed by atoms with Gasteiger partial charge in [-0.15, -0.1) is 0 Å². The summed E-state index contributed by atoms with van der Waals surface area (Å²) < 4.78 is 11.3. The molecule has 0 radical (unpaired) electrons. The maximum absolute atomic E-state index is 12.7. The minimum atomic E-state index is -0.949. The first-order valence-electron chi connectivity index (χ1n) is 8.75. The summed E-state index contributed by atoms with van der Waals surface area (Å²) in [6.07, 6.45) is 1.54. The molecule has 2 aromatic heterocycles. The molecule has 0 spiro atoms. The number of ether oxygens (including phenoxy) is 2. The van der Waals surface area contributed by atoms with E-state index >= 15 is 0 Å². The van der Waals surface area contributed by atoms with E-state index < -0.39 is 23.6 Å². The second-order valence-electron chi connectivity index (χ2n) is 6.20. The van der Waals surface area contributed by atoms with E-state index in [1.807, 2.05) is 0 Å². The number of hydrogen-bond acceptors (Lipinski definition) is 6.